The van der Waals surface area contributed by atoms with Crippen molar-refractivity contribution >= 4 is 32.7 Å². The van der Waals surface area contributed by atoms with Gasteiger partial charge in [-0.25, -0.2) is 22.4 Å². The molecule has 1 N–H and O–H groups in total. The van der Waals surface area contributed by atoms with Crippen molar-refractivity contribution in [2.24, 2.45) is 5.92 Å². The van der Waals surface area contributed by atoms with Crippen molar-refractivity contribution in [3.05, 3.63) is 35.7 Å². The maximum absolute atomic E-state index is 12.0. The summed E-state index contributed by atoms with van der Waals surface area (Å²) in [4.78, 5) is 11.5. The van der Waals surface area contributed by atoms with Crippen LogP contribution in [0.4, 0.5) is 11.6 Å². The van der Waals surface area contributed by atoms with Crippen LogP contribution in [-0.2, 0) is 29.5 Å². The van der Waals surface area contributed by atoms with Gasteiger partial charge in [-0.3, -0.25) is 0 Å². The zero-order chi connectivity index (χ0) is 23.9. The monoisotopic (exact) mass is 485 g/mol. The molecule has 0 spiro atoms. The van der Waals surface area contributed by atoms with Crippen molar-refractivity contribution in [2.75, 3.05) is 45.4 Å². The molecule has 1 atom stereocenters. The van der Waals surface area contributed by atoms with E-state index < -0.39 is 10.0 Å². The van der Waals surface area contributed by atoms with Crippen LogP contribution in [0.2, 0.25) is 0 Å². The number of benzene rings is 1. The number of likely N-dealkylation sites (N-methyl/N-ethyl adjacent to an activating group) is 1. The first-order chi connectivity index (χ1) is 16.3. The van der Waals surface area contributed by atoms with Crippen LogP contribution in [0.25, 0.3) is 11.0 Å². The minimum atomic E-state index is -3.19. The van der Waals surface area contributed by atoms with E-state index in [2.05, 4.69) is 39.5 Å². The van der Waals surface area contributed by atoms with Crippen LogP contribution >= 0.6 is 0 Å². The summed E-state index contributed by atoms with van der Waals surface area (Å²) in [6, 6.07) is 4.22. The Labute approximate surface area is 200 Å². The maximum Gasteiger partial charge on any atom is 0.229 e. The topological polar surface area (TPSA) is 105 Å². The first-order valence-corrected chi connectivity index (χ1v) is 13.4. The zero-order valence-electron chi connectivity index (χ0n) is 19.9. The molecule has 1 saturated heterocycles. The number of sulfonamides is 1. The molecular formula is C23H31N7O3S. The van der Waals surface area contributed by atoms with Gasteiger partial charge in [0.05, 0.1) is 30.6 Å². The minimum absolute atomic E-state index is 0.190. The van der Waals surface area contributed by atoms with Crippen molar-refractivity contribution in [1.29, 1.82) is 0 Å². The summed E-state index contributed by atoms with van der Waals surface area (Å²) in [7, 11) is 0.611. The molecule has 1 aromatic carbocycles. The third-order valence-corrected chi connectivity index (χ3v) is 8.00. The van der Waals surface area contributed by atoms with E-state index in [1.165, 1.54) is 17.4 Å². The summed E-state index contributed by atoms with van der Waals surface area (Å²) >= 11 is 0. The van der Waals surface area contributed by atoms with E-state index in [0.717, 1.165) is 54.8 Å². The standard InChI is InChI=1S/C23H31N7O3S/c1-28-8-6-17-10-21(33-2)20(9-18(17)15-28)26-23-24-11-19-12-25-30(22(19)27-23)14-16-5-4-7-29(13-16)34(3,31)32/h9-12,16H,4-8,13-15H2,1-3H3,(H,24,26,27)/t16-/m1/s1. The van der Waals surface area contributed by atoms with Gasteiger partial charge in [0.2, 0.25) is 16.0 Å². The first kappa shape index (κ1) is 23.0. The Bertz CT molecular complexity index is 1310. The molecule has 5 rings (SSSR count). The maximum atomic E-state index is 12.0. The first-order valence-electron chi connectivity index (χ1n) is 11.6. The van der Waals surface area contributed by atoms with Gasteiger partial charge in [-0.05, 0) is 55.5 Å². The number of methoxy groups -OCH3 is 1. The number of fused-ring (bicyclic) bond motifs is 2. The van der Waals surface area contributed by atoms with Crippen LogP contribution in [0.15, 0.2) is 24.5 Å². The second-order valence-corrected chi connectivity index (χ2v) is 11.3. The number of nitrogens with one attached hydrogen (secondary N) is 1. The second-order valence-electron chi connectivity index (χ2n) is 9.36. The van der Waals surface area contributed by atoms with Crippen LogP contribution in [0.5, 0.6) is 5.75 Å². The number of anilines is 2. The van der Waals surface area contributed by atoms with Crippen molar-refractivity contribution in [2.45, 2.75) is 32.4 Å². The fourth-order valence-corrected chi connectivity index (χ4v) is 5.84. The predicted molar refractivity (Wildman–Crippen MR) is 131 cm³/mol. The molecule has 0 unspecified atom stereocenters. The number of rotatable bonds is 6. The smallest absolute Gasteiger partial charge is 0.229 e. The summed E-state index contributed by atoms with van der Waals surface area (Å²) in [5.74, 6) is 1.43. The molecule has 0 radical (unpaired) electrons. The van der Waals surface area contributed by atoms with Crippen LogP contribution in [0.1, 0.15) is 24.0 Å². The van der Waals surface area contributed by atoms with Gasteiger partial charge in [-0.2, -0.15) is 10.1 Å². The highest BCUT2D eigenvalue weighted by molar-refractivity contribution is 7.88. The third kappa shape index (κ3) is 4.73. The van der Waals surface area contributed by atoms with Crippen LogP contribution in [0, 0.1) is 5.92 Å². The molecule has 0 amide bonds. The van der Waals surface area contributed by atoms with Crippen molar-refractivity contribution in [3.63, 3.8) is 0 Å². The van der Waals surface area contributed by atoms with E-state index in [-0.39, 0.29) is 5.92 Å². The molecule has 2 aliphatic heterocycles. The molecule has 0 saturated carbocycles. The van der Waals surface area contributed by atoms with Crippen LogP contribution in [-0.4, -0.2) is 77.4 Å². The number of ether oxygens (including phenoxy) is 1. The lowest BCUT2D eigenvalue weighted by Gasteiger charge is -2.30. The summed E-state index contributed by atoms with van der Waals surface area (Å²) in [6.07, 6.45) is 7.61. The lowest BCUT2D eigenvalue weighted by Crippen LogP contribution is -2.40. The lowest BCUT2D eigenvalue weighted by atomic mass is 9.99. The molecule has 0 bridgehead atoms. The Balaban J connectivity index is 1.39. The largest absolute Gasteiger partial charge is 0.495 e. The predicted octanol–water partition coefficient (Wildman–Crippen LogP) is 2.24. The number of hydrogen-bond donors (Lipinski definition) is 1. The highest BCUT2D eigenvalue weighted by atomic mass is 32.2. The number of aromatic nitrogens is 4. The van der Waals surface area contributed by atoms with E-state index >= 15 is 0 Å². The highest BCUT2D eigenvalue weighted by Gasteiger charge is 2.27. The molecule has 182 valence electrons. The summed E-state index contributed by atoms with van der Waals surface area (Å²) in [5, 5.41) is 8.69. The van der Waals surface area contributed by atoms with Gasteiger partial charge in [0, 0.05) is 38.9 Å². The van der Waals surface area contributed by atoms with Gasteiger partial charge in [-0.15, -0.1) is 0 Å². The second kappa shape index (κ2) is 9.12. The molecule has 2 aromatic heterocycles. The van der Waals surface area contributed by atoms with E-state index in [0.29, 0.717) is 25.6 Å². The van der Waals surface area contributed by atoms with E-state index in [4.69, 9.17) is 9.72 Å². The molecular weight excluding hydrogens is 454 g/mol. The number of piperidine rings is 1. The lowest BCUT2D eigenvalue weighted by molar-refractivity contribution is 0.242. The Morgan fingerprint density at radius 1 is 1.21 bits per heavy atom. The molecule has 34 heavy (non-hydrogen) atoms. The van der Waals surface area contributed by atoms with E-state index in [9.17, 15) is 8.42 Å². The van der Waals surface area contributed by atoms with Crippen molar-refractivity contribution in [1.82, 2.24) is 29.0 Å². The van der Waals surface area contributed by atoms with Gasteiger partial charge in [0.1, 0.15) is 5.75 Å². The molecule has 4 heterocycles. The molecule has 10 nitrogen and oxygen atoms in total. The Morgan fingerprint density at radius 2 is 2.06 bits per heavy atom. The summed E-state index contributed by atoms with van der Waals surface area (Å²) in [5.41, 5.74) is 4.14. The average molecular weight is 486 g/mol. The molecule has 1 fully saturated rings. The molecule has 11 heteroatoms. The van der Waals surface area contributed by atoms with Crippen LogP contribution in [0.3, 0.4) is 0 Å². The van der Waals surface area contributed by atoms with Crippen molar-refractivity contribution < 1.29 is 13.2 Å². The summed E-state index contributed by atoms with van der Waals surface area (Å²) in [6.45, 7) is 3.64. The fraction of sp³-hybridized carbons (Fsp3) is 0.522. The fourth-order valence-electron chi connectivity index (χ4n) is 4.90. The normalized spacial score (nSPS) is 19.8. The van der Waals surface area contributed by atoms with Gasteiger partial charge in [-0.1, -0.05) is 0 Å². The quantitative estimate of drug-likeness (QED) is 0.567. The summed E-state index contributed by atoms with van der Waals surface area (Å²) < 4.78 is 33.0. The van der Waals surface area contributed by atoms with E-state index in [1.54, 1.807) is 23.8 Å². The average Bonchev–Trinajstić information content (AvgIpc) is 3.20. The van der Waals surface area contributed by atoms with Gasteiger partial charge in [0.15, 0.2) is 5.65 Å². The molecule has 2 aliphatic rings. The van der Waals surface area contributed by atoms with E-state index in [1.807, 2.05) is 4.68 Å². The van der Waals surface area contributed by atoms with Crippen LogP contribution < -0.4 is 10.1 Å². The number of nitrogens with zero attached hydrogens (tertiary/aromatic N) is 6. The minimum Gasteiger partial charge on any atom is -0.495 e. The zero-order valence-corrected chi connectivity index (χ0v) is 20.7. The van der Waals surface area contributed by atoms with Gasteiger partial charge in [0.25, 0.3) is 0 Å². The highest BCUT2D eigenvalue weighted by Crippen LogP contribution is 2.33. The SMILES string of the molecule is COc1cc2c(cc1Nc1ncc3cnn(C[C@@H]4CCCN(S(C)(=O)=O)C4)c3n1)CN(C)CC2. The molecule has 0 aliphatic carbocycles. The van der Waals surface area contributed by atoms with Crippen molar-refractivity contribution in [3.8, 4) is 5.75 Å². The third-order valence-electron chi connectivity index (χ3n) is 6.73. The Morgan fingerprint density at radius 3 is 2.85 bits per heavy atom. The van der Waals surface area contributed by atoms with Gasteiger partial charge >= 0.3 is 0 Å². The Kier molecular flexibility index (Phi) is 6.17. The number of hydrogen-bond acceptors (Lipinski definition) is 8. The van der Waals surface area contributed by atoms with Gasteiger partial charge < -0.3 is 15.0 Å². The Hall–Kier alpha value is -2.76. The molecule has 3 aromatic rings.